The number of nitrogens with zero attached hydrogens (tertiary/aromatic N) is 1. The van der Waals surface area contributed by atoms with Gasteiger partial charge in [0.1, 0.15) is 0 Å². The molecule has 0 amide bonds. The molecule has 0 aliphatic carbocycles. The molecule has 1 saturated heterocycles. The fourth-order valence-corrected chi connectivity index (χ4v) is 3.17. The second-order valence-corrected chi connectivity index (χ2v) is 7.84. The van der Waals surface area contributed by atoms with E-state index >= 15 is 0 Å². The largest absolute Gasteiger partial charge is 0.308 e. The first-order valence-corrected chi connectivity index (χ1v) is 8.42. The average Bonchev–Trinajstić information content (AvgIpc) is 2.85. The highest BCUT2D eigenvalue weighted by Gasteiger charge is 2.26. The molecule has 0 saturated carbocycles. The van der Waals surface area contributed by atoms with Crippen molar-refractivity contribution in [3.05, 3.63) is 35.4 Å². The Hall–Kier alpha value is -0.860. The van der Waals surface area contributed by atoms with Gasteiger partial charge in [-0.1, -0.05) is 38.1 Å². The van der Waals surface area contributed by atoms with E-state index < -0.39 is 0 Å². The van der Waals surface area contributed by atoms with Crippen LogP contribution in [0.3, 0.4) is 0 Å². The number of rotatable bonds is 5. The molecule has 118 valence electrons. The second-order valence-electron chi connectivity index (χ2n) is 7.84. The van der Waals surface area contributed by atoms with Crippen molar-refractivity contribution in [2.24, 2.45) is 5.92 Å². The highest BCUT2D eigenvalue weighted by molar-refractivity contribution is 5.22. The van der Waals surface area contributed by atoms with E-state index in [4.69, 9.17) is 0 Å². The van der Waals surface area contributed by atoms with Crippen molar-refractivity contribution in [2.75, 3.05) is 6.54 Å². The van der Waals surface area contributed by atoms with Gasteiger partial charge in [-0.25, -0.2) is 0 Å². The van der Waals surface area contributed by atoms with E-state index in [1.54, 1.807) is 0 Å². The molecule has 1 fully saturated rings. The smallest absolute Gasteiger partial charge is 0.0236 e. The summed E-state index contributed by atoms with van der Waals surface area (Å²) in [5.41, 5.74) is 3.00. The molecule has 0 bridgehead atoms. The molecule has 0 radical (unpaired) electrons. The maximum Gasteiger partial charge on any atom is 0.0236 e. The summed E-state index contributed by atoms with van der Waals surface area (Å²) in [7, 11) is 0. The van der Waals surface area contributed by atoms with Crippen molar-refractivity contribution in [1.29, 1.82) is 0 Å². The van der Waals surface area contributed by atoms with Crippen molar-refractivity contribution in [3.8, 4) is 0 Å². The van der Waals surface area contributed by atoms with Crippen LogP contribution < -0.4 is 5.32 Å². The van der Waals surface area contributed by atoms with E-state index in [0.717, 1.165) is 25.0 Å². The zero-order chi connectivity index (χ0) is 15.5. The normalized spacial score (nSPS) is 20.4. The van der Waals surface area contributed by atoms with Crippen LogP contribution in [0.1, 0.15) is 58.6 Å². The van der Waals surface area contributed by atoms with Crippen LogP contribution >= 0.6 is 0 Å². The Morgan fingerprint density at radius 1 is 1.14 bits per heavy atom. The third-order valence-electron chi connectivity index (χ3n) is 4.42. The molecule has 1 aliphatic heterocycles. The van der Waals surface area contributed by atoms with Crippen LogP contribution in [-0.4, -0.2) is 23.0 Å². The fourth-order valence-electron chi connectivity index (χ4n) is 3.17. The lowest BCUT2D eigenvalue weighted by molar-refractivity contribution is 0.199. The maximum atomic E-state index is 3.54. The third kappa shape index (κ3) is 5.12. The summed E-state index contributed by atoms with van der Waals surface area (Å²) in [6.07, 6.45) is 2.72. The summed E-state index contributed by atoms with van der Waals surface area (Å²) < 4.78 is 0. The number of hydrogen-bond acceptors (Lipinski definition) is 2. The lowest BCUT2D eigenvalue weighted by Crippen LogP contribution is -2.35. The zero-order valence-corrected chi connectivity index (χ0v) is 14.4. The molecule has 1 unspecified atom stereocenters. The van der Waals surface area contributed by atoms with Gasteiger partial charge >= 0.3 is 0 Å². The Labute approximate surface area is 130 Å². The molecule has 1 N–H and O–H groups in total. The van der Waals surface area contributed by atoms with Crippen LogP contribution in [0.4, 0.5) is 0 Å². The highest BCUT2D eigenvalue weighted by Crippen LogP contribution is 2.25. The number of likely N-dealkylation sites (tertiary alicyclic amines) is 1. The van der Waals surface area contributed by atoms with Gasteiger partial charge < -0.3 is 5.32 Å². The summed E-state index contributed by atoms with van der Waals surface area (Å²) in [6, 6.07) is 9.92. The maximum absolute atomic E-state index is 3.54. The molecule has 21 heavy (non-hydrogen) atoms. The first-order valence-electron chi connectivity index (χ1n) is 8.42. The topological polar surface area (TPSA) is 15.3 Å². The van der Waals surface area contributed by atoms with Crippen LogP contribution in [-0.2, 0) is 13.1 Å². The summed E-state index contributed by atoms with van der Waals surface area (Å²) in [5.74, 6) is 0.766. The lowest BCUT2D eigenvalue weighted by Gasteiger charge is -2.27. The molecule has 2 nitrogen and oxygen atoms in total. The Morgan fingerprint density at radius 3 is 2.33 bits per heavy atom. The Kier molecular flexibility index (Phi) is 5.45. The molecular weight excluding hydrogens is 256 g/mol. The Bertz CT molecular complexity index is 428. The quantitative estimate of drug-likeness (QED) is 0.873. The van der Waals surface area contributed by atoms with Crippen LogP contribution in [0.15, 0.2) is 24.3 Å². The summed E-state index contributed by atoms with van der Waals surface area (Å²) in [4.78, 5) is 2.66. The van der Waals surface area contributed by atoms with Gasteiger partial charge in [0, 0.05) is 24.7 Å². The van der Waals surface area contributed by atoms with Gasteiger partial charge in [-0.15, -0.1) is 0 Å². The van der Waals surface area contributed by atoms with Gasteiger partial charge in [0.05, 0.1) is 0 Å². The molecule has 2 heteroatoms. The first-order chi connectivity index (χ1) is 9.85. The lowest BCUT2D eigenvalue weighted by atomic mass is 10.0. The molecule has 0 aromatic heterocycles. The number of nitrogens with one attached hydrogen (secondary N) is 1. The first kappa shape index (κ1) is 16.5. The van der Waals surface area contributed by atoms with E-state index in [2.05, 4.69) is 69.1 Å². The standard InChI is InChI=1S/C19H32N2/c1-15(2)18-7-6-12-21(18)14-17-10-8-16(9-11-17)13-20-19(3,4)5/h8-11,15,18,20H,6-7,12-14H2,1-5H3. The number of benzene rings is 1. The van der Waals surface area contributed by atoms with Gasteiger partial charge in [-0.05, 0) is 57.2 Å². The predicted octanol–water partition coefficient (Wildman–Crippen LogP) is 4.20. The highest BCUT2D eigenvalue weighted by atomic mass is 15.2. The molecule has 1 atom stereocenters. The molecule has 0 spiro atoms. The Morgan fingerprint density at radius 2 is 1.76 bits per heavy atom. The zero-order valence-electron chi connectivity index (χ0n) is 14.4. The van der Waals surface area contributed by atoms with Gasteiger partial charge in [-0.2, -0.15) is 0 Å². The van der Waals surface area contributed by atoms with Gasteiger partial charge in [0.15, 0.2) is 0 Å². The van der Waals surface area contributed by atoms with E-state index in [1.807, 2.05) is 0 Å². The van der Waals surface area contributed by atoms with Crippen molar-refractivity contribution in [3.63, 3.8) is 0 Å². The minimum atomic E-state index is 0.179. The van der Waals surface area contributed by atoms with E-state index in [1.165, 1.54) is 30.5 Å². The molecular formula is C19H32N2. The van der Waals surface area contributed by atoms with Crippen LogP contribution in [0.5, 0.6) is 0 Å². The van der Waals surface area contributed by atoms with Crippen molar-refractivity contribution >= 4 is 0 Å². The van der Waals surface area contributed by atoms with Crippen LogP contribution in [0, 0.1) is 5.92 Å². The van der Waals surface area contributed by atoms with Crippen LogP contribution in [0.2, 0.25) is 0 Å². The molecule has 1 aromatic carbocycles. The van der Waals surface area contributed by atoms with E-state index in [-0.39, 0.29) is 5.54 Å². The summed E-state index contributed by atoms with van der Waals surface area (Å²) >= 11 is 0. The monoisotopic (exact) mass is 288 g/mol. The van der Waals surface area contributed by atoms with Crippen molar-refractivity contribution < 1.29 is 0 Å². The third-order valence-corrected chi connectivity index (χ3v) is 4.42. The minimum absolute atomic E-state index is 0.179. The SMILES string of the molecule is CC(C)C1CCCN1Cc1ccc(CNC(C)(C)C)cc1. The van der Waals surface area contributed by atoms with Crippen molar-refractivity contribution in [2.45, 2.75) is 72.1 Å². The van der Waals surface area contributed by atoms with E-state index in [0.29, 0.717) is 0 Å². The molecule has 1 heterocycles. The predicted molar refractivity (Wildman–Crippen MR) is 91.3 cm³/mol. The minimum Gasteiger partial charge on any atom is -0.308 e. The summed E-state index contributed by atoms with van der Waals surface area (Å²) in [6.45, 7) is 14.6. The second kappa shape index (κ2) is 6.93. The van der Waals surface area contributed by atoms with Crippen molar-refractivity contribution in [1.82, 2.24) is 10.2 Å². The average molecular weight is 288 g/mol. The van der Waals surface area contributed by atoms with Gasteiger partial charge in [-0.3, -0.25) is 4.90 Å². The van der Waals surface area contributed by atoms with Gasteiger partial charge in [0.2, 0.25) is 0 Å². The molecule has 2 rings (SSSR count). The molecule has 1 aliphatic rings. The number of hydrogen-bond donors (Lipinski definition) is 1. The summed E-state index contributed by atoms with van der Waals surface area (Å²) in [5, 5.41) is 3.54. The Balaban J connectivity index is 1.90. The molecule has 1 aromatic rings. The fraction of sp³-hybridized carbons (Fsp3) is 0.684. The van der Waals surface area contributed by atoms with Gasteiger partial charge in [0.25, 0.3) is 0 Å². The van der Waals surface area contributed by atoms with E-state index in [9.17, 15) is 0 Å². The van der Waals surface area contributed by atoms with Crippen LogP contribution in [0.25, 0.3) is 0 Å².